The molecule has 1 aromatic carbocycles. The maximum absolute atomic E-state index is 11.5. The fraction of sp³-hybridized carbons (Fsp3) is 0.0909. The van der Waals surface area contributed by atoms with Crippen molar-refractivity contribution in [1.29, 1.82) is 0 Å². The van der Waals surface area contributed by atoms with Crippen LogP contribution in [-0.2, 0) is 0 Å². The van der Waals surface area contributed by atoms with Crippen LogP contribution in [-0.4, -0.2) is 4.98 Å². The highest BCUT2D eigenvalue weighted by molar-refractivity contribution is 6.30. The van der Waals surface area contributed by atoms with Crippen LogP contribution in [0.3, 0.4) is 0 Å². The van der Waals surface area contributed by atoms with Gasteiger partial charge >= 0.3 is 5.15 Å². The van der Waals surface area contributed by atoms with Gasteiger partial charge in [0.05, 0.1) is 6.20 Å². The summed E-state index contributed by atoms with van der Waals surface area (Å²) in [7, 11) is 0. The Morgan fingerprint density at radius 2 is 1.93 bits per heavy atom. The van der Waals surface area contributed by atoms with Crippen LogP contribution in [0.2, 0.25) is 5.15 Å². The van der Waals surface area contributed by atoms with Gasteiger partial charge in [-0.3, -0.25) is 0 Å². The van der Waals surface area contributed by atoms with Crippen molar-refractivity contribution >= 4 is 11.6 Å². The van der Waals surface area contributed by atoms with Crippen molar-refractivity contribution in [3.8, 4) is 11.3 Å². The summed E-state index contributed by atoms with van der Waals surface area (Å²) in [6.07, 6.45) is 1.52. The van der Waals surface area contributed by atoms with Gasteiger partial charge in [0.25, 0.3) is 0 Å². The molecular formula is C11H9ClN2O. The summed E-state index contributed by atoms with van der Waals surface area (Å²) < 4.78 is 0.677. The third-order valence-corrected chi connectivity index (χ3v) is 2.45. The summed E-state index contributed by atoms with van der Waals surface area (Å²) in [6.45, 7) is 1.67. The van der Waals surface area contributed by atoms with Gasteiger partial charge in [0.2, 0.25) is 5.69 Å². The second-order valence-electron chi connectivity index (χ2n) is 3.20. The van der Waals surface area contributed by atoms with E-state index in [1.807, 2.05) is 30.3 Å². The van der Waals surface area contributed by atoms with E-state index in [2.05, 4.69) is 4.98 Å². The summed E-state index contributed by atoms with van der Waals surface area (Å²) in [5.41, 5.74) is 1.84. The van der Waals surface area contributed by atoms with E-state index in [1.54, 1.807) is 6.92 Å². The van der Waals surface area contributed by atoms with Gasteiger partial charge < -0.3 is 5.21 Å². The Morgan fingerprint density at radius 3 is 2.60 bits per heavy atom. The van der Waals surface area contributed by atoms with E-state index in [9.17, 15) is 5.21 Å². The topological polar surface area (TPSA) is 39.8 Å². The lowest BCUT2D eigenvalue weighted by molar-refractivity contribution is -0.609. The van der Waals surface area contributed by atoms with Crippen LogP contribution in [0.15, 0.2) is 36.5 Å². The number of benzene rings is 1. The Labute approximate surface area is 92.6 Å². The van der Waals surface area contributed by atoms with Crippen LogP contribution in [0.1, 0.15) is 5.69 Å². The van der Waals surface area contributed by atoms with Crippen molar-refractivity contribution in [3.63, 3.8) is 0 Å². The van der Waals surface area contributed by atoms with E-state index in [4.69, 9.17) is 11.6 Å². The first kappa shape index (κ1) is 9.93. The Kier molecular flexibility index (Phi) is 2.56. The van der Waals surface area contributed by atoms with Gasteiger partial charge in [-0.1, -0.05) is 30.3 Å². The summed E-state index contributed by atoms with van der Waals surface area (Å²) in [4.78, 5) is 4.16. The number of hydrogen-bond acceptors (Lipinski definition) is 2. The second-order valence-corrected chi connectivity index (χ2v) is 3.56. The van der Waals surface area contributed by atoms with E-state index in [0.29, 0.717) is 16.1 Å². The number of aryl methyl sites for hydroxylation is 1. The van der Waals surface area contributed by atoms with Gasteiger partial charge in [0.15, 0.2) is 5.69 Å². The Bertz CT molecular complexity index is 485. The summed E-state index contributed by atoms with van der Waals surface area (Å²) in [5.74, 6) is 0. The number of nitrogens with zero attached hydrogens (tertiary/aromatic N) is 2. The smallest absolute Gasteiger partial charge is 0.313 e. The molecule has 0 aliphatic carbocycles. The normalized spacial score (nSPS) is 10.3. The first-order valence-corrected chi connectivity index (χ1v) is 4.88. The lowest BCUT2D eigenvalue weighted by Gasteiger charge is -2.05. The molecule has 0 unspecified atom stereocenters. The van der Waals surface area contributed by atoms with Gasteiger partial charge in [0.1, 0.15) is 0 Å². The Morgan fingerprint density at radius 1 is 1.27 bits per heavy atom. The van der Waals surface area contributed by atoms with Gasteiger partial charge in [0, 0.05) is 12.5 Å². The van der Waals surface area contributed by atoms with Crippen LogP contribution in [0, 0.1) is 12.1 Å². The number of hydrogen-bond donors (Lipinski definition) is 0. The minimum atomic E-state index is 0.112. The van der Waals surface area contributed by atoms with Crippen molar-refractivity contribution in [2.75, 3.05) is 0 Å². The van der Waals surface area contributed by atoms with E-state index < -0.39 is 0 Å². The molecule has 1 aromatic heterocycles. The van der Waals surface area contributed by atoms with Crippen molar-refractivity contribution in [2.24, 2.45) is 0 Å². The molecule has 76 valence electrons. The second kappa shape index (κ2) is 3.87. The molecule has 0 spiro atoms. The molecule has 0 aliphatic heterocycles. The monoisotopic (exact) mass is 220 g/mol. The fourth-order valence-corrected chi connectivity index (χ4v) is 1.60. The largest absolute Gasteiger partial charge is 0.617 e. The molecule has 0 radical (unpaired) electrons. The minimum Gasteiger partial charge on any atom is -0.617 e. The average molecular weight is 221 g/mol. The predicted molar refractivity (Wildman–Crippen MR) is 58.4 cm³/mol. The highest BCUT2D eigenvalue weighted by atomic mass is 35.5. The van der Waals surface area contributed by atoms with Crippen LogP contribution < -0.4 is 4.73 Å². The number of rotatable bonds is 1. The zero-order valence-electron chi connectivity index (χ0n) is 8.14. The molecule has 0 aliphatic rings. The third-order valence-electron chi connectivity index (χ3n) is 2.12. The molecule has 0 N–H and O–H groups in total. The van der Waals surface area contributed by atoms with Gasteiger partial charge in [-0.15, -0.1) is 0 Å². The highest BCUT2D eigenvalue weighted by Crippen LogP contribution is 2.22. The van der Waals surface area contributed by atoms with Gasteiger partial charge in [-0.2, -0.15) is 4.73 Å². The van der Waals surface area contributed by atoms with Gasteiger partial charge in [-0.05, 0) is 11.6 Å². The molecule has 0 saturated heterocycles. The van der Waals surface area contributed by atoms with E-state index in [0.717, 1.165) is 5.56 Å². The minimum absolute atomic E-state index is 0.112. The van der Waals surface area contributed by atoms with Gasteiger partial charge in [-0.25, -0.2) is 4.98 Å². The van der Waals surface area contributed by atoms with Crippen LogP contribution in [0.4, 0.5) is 0 Å². The Balaban J connectivity index is 2.60. The SMILES string of the molecule is Cc1cnc(-c2ccccc2)c(Cl)[n+]1[O-]. The zero-order valence-corrected chi connectivity index (χ0v) is 8.90. The molecule has 0 bridgehead atoms. The van der Waals surface area contributed by atoms with E-state index in [1.165, 1.54) is 6.20 Å². The van der Waals surface area contributed by atoms with E-state index in [-0.39, 0.29) is 5.15 Å². The molecule has 15 heavy (non-hydrogen) atoms. The highest BCUT2D eigenvalue weighted by Gasteiger charge is 2.15. The molecule has 0 amide bonds. The molecule has 0 saturated carbocycles. The molecule has 0 atom stereocenters. The zero-order chi connectivity index (χ0) is 10.8. The van der Waals surface area contributed by atoms with E-state index >= 15 is 0 Å². The molecule has 4 heteroatoms. The lowest BCUT2D eigenvalue weighted by Crippen LogP contribution is -2.32. The average Bonchev–Trinajstić information content (AvgIpc) is 2.27. The molecule has 2 rings (SSSR count). The molecule has 1 heterocycles. The predicted octanol–water partition coefficient (Wildman–Crippen LogP) is 2.34. The maximum atomic E-state index is 11.5. The van der Waals surface area contributed by atoms with Crippen LogP contribution in [0.5, 0.6) is 0 Å². The molecule has 2 aromatic rings. The maximum Gasteiger partial charge on any atom is 0.313 e. The first-order valence-electron chi connectivity index (χ1n) is 4.50. The quantitative estimate of drug-likeness (QED) is 0.547. The first-order chi connectivity index (χ1) is 7.20. The molecule has 0 fully saturated rings. The van der Waals surface area contributed by atoms with Crippen LogP contribution >= 0.6 is 11.6 Å². The third kappa shape index (κ3) is 1.78. The number of aromatic nitrogens is 2. The summed E-state index contributed by atoms with van der Waals surface area (Å²) in [5, 5.41) is 11.6. The molecule has 3 nitrogen and oxygen atoms in total. The summed E-state index contributed by atoms with van der Waals surface area (Å²) in [6, 6.07) is 9.38. The van der Waals surface area contributed by atoms with Crippen LogP contribution in [0.25, 0.3) is 11.3 Å². The summed E-state index contributed by atoms with van der Waals surface area (Å²) >= 11 is 5.92. The van der Waals surface area contributed by atoms with Crippen molar-refractivity contribution in [2.45, 2.75) is 6.92 Å². The molecular weight excluding hydrogens is 212 g/mol. The van der Waals surface area contributed by atoms with Crippen molar-refractivity contribution in [1.82, 2.24) is 4.98 Å². The lowest BCUT2D eigenvalue weighted by atomic mass is 10.2. The standard InChI is InChI=1S/C11H9ClN2O/c1-8-7-13-10(11(12)14(8)15)9-5-3-2-4-6-9/h2-7H,1H3. The van der Waals surface area contributed by atoms with Crippen molar-refractivity contribution < 1.29 is 4.73 Å². The fourth-order valence-electron chi connectivity index (χ4n) is 1.30. The Hall–Kier alpha value is -1.61. The number of halogens is 1. The van der Waals surface area contributed by atoms with Crippen molar-refractivity contribution in [3.05, 3.63) is 52.6 Å².